The summed E-state index contributed by atoms with van der Waals surface area (Å²) in [6.07, 6.45) is 0.529. The Morgan fingerprint density at radius 1 is 1.29 bits per heavy atom. The lowest BCUT2D eigenvalue weighted by Gasteiger charge is -2.25. The van der Waals surface area contributed by atoms with Gasteiger partial charge in [-0.25, -0.2) is 9.73 Å². The Labute approximate surface area is 173 Å². The van der Waals surface area contributed by atoms with Crippen molar-refractivity contribution >= 4 is 35.2 Å². The Balaban J connectivity index is 1.70. The zero-order chi connectivity index (χ0) is 19.9. The lowest BCUT2D eigenvalue weighted by atomic mass is 10.1. The van der Waals surface area contributed by atoms with Gasteiger partial charge in [0.15, 0.2) is 0 Å². The molecule has 1 aliphatic rings. The number of amides is 1. The van der Waals surface area contributed by atoms with Crippen LogP contribution in [0.3, 0.4) is 0 Å². The molecule has 0 spiro atoms. The highest BCUT2D eigenvalue weighted by Crippen LogP contribution is 2.25. The van der Waals surface area contributed by atoms with Crippen molar-refractivity contribution < 1.29 is 14.6 Å². The molecule has 0 aromatic heterocycles. The molecule has 6 nitrogen and oxygen atoms in total. The molecule has 28 heavy (non-hydrogen) atoms. The van der Waals surface area contributed by atoms with Gasteiger partial charge in [0.25, 0.3) is 5.91 Å². The van der Waals surface area contributed by atoms with Crippen LogP contribution in [0.25, 0.3) is 0 Å². The minimum Gasteiger partial charge on any atom is -0.507 e. The smallest absolute Gasteiger partial charge is 0.271 e. The van der Waals surface area contributed by atoms with Gasteiger partial charge >= 0.3 is 0 Å². The molecule has 2 N–H and O–H groups in total. The zero-order valence-electron chi connectivity index (χ0n) is 15.5. The molecular weight excluding hydrogens is 398 g/mol. The van der Waals surface area contributed by atoms with Crippen molar-refractivity contribution in [1.29, 1.82) is 0 Å². The van der Waals surface area contributed by atoms with Crippen LogP contribution in [0.15, 0.2) is 52.5 Å². The van der Waals surface area contributed by atoms with Crippen molar-refractivity contribution in [3.63, 3.8) is 0 Å². The van der Waals surface area contributed by atoms with E-state index in [4.69, 9.17) is 16.3 Å². The van der Waals surface area contributed by atoms with E-state index in [0.717, 1.165) is 31.2 Å². The summed E-state index contributed by atoms with van der Waals surface area (Å²) >= 11 is 7.62. The van der Waals surface area contributed by atoms with E-state index in [1.165, 1.54) is 6.07 Å². The first-order valence-corrected chi connectivity index (χ1v) is 10.2. The summed E-state index contributed by atoms with van der Waals surface area (Å²) in [6, 6.07) is 12.2. The second-order valence-corrected chi connectivity index (χ2v) is 7.78. The number of benzene rings is 2. The van der Waals surface area contributed by atoms with E-state index in [2.05, 4.69) is 14.8 Å². The van der Waals surface area contributed by atoms with Crippen molar-refractivity contribution in [2.24, 2.45) is 5.10 Å². The van der Waals surface area contributed by atoms with Crippen LogP contribution in [0.2, 0.25) is 5.02 Å². The summed E-state index contributed by atoms with van der Waals surface area (Å²) < 4.78 is 7.57. The van der Waals surface area contributed by atoms with Crippen LogP contribution < -0.4 is 5.43 Å². The molecule has 1 aliphatic heterocycles. The van der Waals surface area contributed by atoms with Gasteiger partial charge in [-0.1, -0.05) is 24.6 Å². The van der Waals surface area contributed by atoms with Crippen molar-refractivity contribution in [3.05, 3.63) is 58.6 Å². The number of carbonyl (C=O) groups is 1. The fraction of sp³-hybridized carbons (Fsp3) is 0.300. The molecule has 0 radical (unpaired) electrons. The van der Waals surface area contributed by atoms with Crippen LogP contribution in [-0.4, -0.2) is 47.3 Å². The van der Waals surface area contributed by atoms with Crippen molar-refractivity contribution in [2.45, 2.75) is 18.2 Å². The Hall–Kier alpha value is -2.06. The monoisotopic (exact) mass is 419 g/mol. The number of halogens is 1. The topological polar surface area (TPSA) is 74.2 Å². The number of morpholine rings is 1. The first-order chi connectivity index (χ1) is 13.6. The Morgan fingerprint density at radius 2 is 2.07 bits per heavy atom. The Morgan fingerprint density at radius 3 is 2.82 bits per heavy atom. The highest BCUT2D eigenvalue weighted by Gasteiger charge is 2.14. The molecule has 0 saturated carbocycles. The predicted molar refractivity (Wildman–Crippen MR) is 112 cm³/mol. The molecule has 1 saturated heterocycles. The standard InChI is InChI=1S/C20H22ClN3O3S/c1-2-18(17-13-15(21)6-7-19(17)25)22-23-20(26)14-4-3-5-16(12-14)28-24-8-10-27-11-9-24/h3-7,12-13,25H,2,8-11H2,1H3,(H,23,26)/b22-18+. The Kier molecular flexibility index (Phi) is 7.33. The van der Waals surface area contributed by atoms with Crippen molar-refractivity contribution in [3.8, 4) is 5.75 Å². The largest absolute Gasteiger partial charge is 0.507 e. The van der Waals surface area contributed by atoms with Gasteiger partial charge in [0.1, 0.15) is 5.75 Å². The highest BCUT2D eigenvalue weighted by atomic mass is 35.5. The minimum atomic E-state index is -0.308. The number of aromatic hydroxyl groups is 1. The summed E-state index contributed by atoms with van der Waals surface area (Å²) in [5.74, 6) is -0.236. The number of hydrazone groups is 1. The first kappa shape index (κ1) is 20.7. The number of ether oxygens (including phenoxy) is 1. The second-order valence-electron chi connectivity index (χ2n) is 6.17. The number of hydrogen-bond acceptors (Lipinski definition) is 6. The molecule has 1 amide bonds. The molecule has 3 rings (SSSR count). The normalized spacial score (nSPS) is 15.4. The summed E-state index contributed by atoms with van der Waals surface area (Å²) in [7, 11) is 0. The third-order valence-corrected chi connectivity index (χ3v) is 5.52. The maximum Gasteiger partial charge on any atom is 0.271 e. The number of phenolic OH excluding ortho intramolecular Hbond substituents is 1. The molecule has 148 valence electrons. The summed E-state index contributed by atoms with van der Waals surface area (Å²) in [5.41, 5.74) is 4.15. The van der Waals surface area contributed by atoms with Gasteiger partial charge in [0, 0.05) is 34.1 Å². The van der Waals surface area contributed by atoms with Gasteiger partial charge in [-0.3, -0.25) is 4.79 Å². The van der Waals surface area contributed by atoms with Crippen LogP contribution in [0.1, 0.15) is 29.3 Å². The van der Waals surface area contributed by atoms with E-state index < -0.39 is 0 Å². The van der Waals surface area contributed by atoms with Gasteiger partial charge in [-0.2, -0.15) is 5.10 Å². The van der Waals surface area contributed by atoms with Crippen LogP contribution in [-0.2, 0) is 4.74 Å². The average Bonchev–Trinajstić information content (AvgIpc) is 2.71. The average molecular weight is 420 g/mol. The number of carbonyl (C=O) groups excluding carboxylic acids is 1. The van der Waals surface area contributed by atoms with E-state index in [9.17, 15) is 9.90 Å². The third kappa shape index (κ3) is 5.48. The van der Waals surface area contributed by atoms with Gasteiger partial charge in [0.05, 0.1) is 18.9 Å². The van der Waals surface area contributed by atoms with Gasteiger partial charge in [-0.05, 0) is 54.8 Å². The SMILES string of the molecule is CC/C(=N\NC(=O)c1cccc(SN2CCOCC2)c1)c1cc(Cl)ccc1O. The number of nitrogens with one attached hydrogen (secondary N) is 1. The van der Waals surface area contributed by atoms with Crippen LogP contribution in [0.4, 0.5) is 0 Å². The summed E-state index contributed by atoms with van der Waals surface area (Å²) in [5, 5.41) is 14.7. The van der Waals surface area contributed by atoms with Crippen LogP contribution in [0.5, 0.6) is 5.75 Å². The Bertz CT molecular complexity index is 870. The predicted octanol–water partition coefficient (Wildman–Crippen LogP) is 3.93. The molecule has 0 aliphatic carbocycles. The first-order valence-electron chi connectivity index (χ1n) is 9.03. The molecule has 0 unspecified atom stereocenters. The molecule has 8 heteroatoms. The summed E-state index contributed by atoms with van der Waals surface area (Å²) in [6.45, 7) is 5.05. The van der Waals surface area contributed by atoms with E-state index in [1.54, 1.807) is 30.1 Å². The maximum absolute atomic E-state index is 12.5. The fourth-order valence-electron chi connectivity index (χ4n) is 2.73. The van der Waals surface area contributed by atoms with Gasteiger partial charge in [-0.15, -0.1) is 0 Å². The van der Waals surface area contributed by atoms with Gasteiger partial charge < -0.3 is 9.84 Å². The number of hydrogen-bond donors (Lipinski definition) is 2. The zero-order valence-corrected chi connectivity index (χ0v) is 17.1. The van der Waals surface area contributed by atoms with Crippen molar-refractivity contribution in [1.82, 2.24) is 9.73 Å². The maximum atomic E-state index is 12.5. The second kappa shape index (κ2) is 9.93. The molecule has 0 atom stereocenters. The minimum absolute atomic E-state index is 0.0724. The quantitative estimate of drug-likeness (QED) is 0.421. The fourth-order valence-corrected chi connectivity index (χ4v) is 3.85. The summed E-state index contributed by atoms with van der Waals surface area (Å²) in [4.78, 5) is 13.5. The third-order valence-electron chi connectivity index (χ3n) is 4.20. The lowest BCUT2D eigenvalue weighted by molar-refractivity contribution is 0.0773. The van der Waals surface area contributed by atoms with E-state index in [1.807, 2.05) is 25.1 Å². The van der Waals surface area contributed by atoms with Crippen LogP contribution >= 0.6 is 23.5 Å². The van der Waals surface area contributed by atoms with Gasteiger partial charge in [0.2, 0.25) is 0 Å². The number of phenols is 1. The highest BCUT2D eigenvalue weighted by molar-refractivity contribution is 7.97. The van der Waals surface area contributed by atoms with E-state index in [0.29, 0.717) is 28.3 Å². The molecule has 1 heterocycles. The van der Waals surface area contributed by atoms with Crippen LogP contribution in [0, 0.1) is 0 Å². The molecule has 1 fully saturated rings. The number of nitrogens with zero attached hydrogens (tertiary/aromatic N) is 2. The van der Waals surface area contributed by atoms with E-state index >= 15 is 0 Å². The lowest BCUT2D eigenvalue weighted by Crippen LogP contribution is -2.30. The molecular formula is C20H22ClN3O3S. The van der Waals surface area contributed by atoms with Crippen molar-refractivity contribution in [2.75, 3.05) is 26.3 Å². The molecule has 2 aromatic rings. The van der Waals surface area contributed by atoms with E-state index in [-0.39, 0.29) is 11.7 Å². The molecule has 2 aromatic carbocycles. The number of rotatable bonds is 6. The molecule has 0 bridgehead atoms.